The number of aromatic carboxylic acids is 1. The summed E-state index contributed by atoms with van der Waals surface area (Å²) in [6.45, 7) is 0. The van der Waals surface area contributed by atoms with Crippen LogP contribution in [0.2, 0.25) is 0 Å². The number of benzene rings is 1. The van der Waals surface area contributed by atoms with Gasteiger partial charge in [-0.3, -0.25) is 0 Å². The van der Waals surface area contributed by atoms with E-state index in [1.807, 2.05) is 0 Å². The molecule has 0 spiro atoms. The quantitative estimate of drug-likeness (QED) is 0.780. The van der Waals surface area contributed by atoms with Crippen molar-refractivity contribution in [1.82, 2.24) is 0 Å². The van der Waals surface area contributed by atoms with Gasteiger partial charge in [0.25, 0.3) is 0 Å². The zero-order valence-electron chi connectivity index (χ0n) is 6.29. The Bertz CT molecular complexity index is 341. The fourth-order valence-electron chi connectivity index (χ4n) is 0.729. The minimum atomic E-state index is -1.16. The molecule has 6 heteroatoms. The predicted molar refractivity (Wildman–Crippen MR) is 56.2 cm³/mol. The number of halogens is 2. The third-order valence-electron chi connectivity index (χ3n) is 1.26. The molecule has 1 aromatic carbocycles. The van der Waals surface area contributed by atoms with Gasteiger partial charge in [-0.05, 0) is 28.1 Å². The van der Waals surface area contributed by atoms with Gasteiger partial charge in [0.05, 0.1) is 4.47 Å². The summed E-state index contributed by atoms with van der Waals surface area (Å²) in [5.41, 5.74) is -0.128. The summed E-state index contributed by atoms with van der Waals surface area (Å²) in [6, 6.07) is 2.91. The van der Waals surface area contributed by atoms with Crippen molar-refractivity contribution in [2.24, 2.45) is 0 Å². The SMILES string of the molecule is O=C(O)c1cc(Br)cc(Br)c1O.[Al+3]. The topological polar surface area (TPSA) is 57.5 Å². The van der Waals surface area contributed by atoms with E-state index in [0.717, 1.165) is 0 Å². The van der Waals surface area contributed by atoms with Gasteiger partial charge in [0, 0.05) is 4.47 Å². The van der Waals surface area contributed by atoms with Crippen molar-refractivity contribution in [2.45, 2.75) is 0 Å². The molecule has 0 saturated heterocycles. The average molecular weight is 323 g/mol. The summed E-state index contributed by atoms with van der Waals surface area (Å²) in [6.07, 6.45) is 0. The molecule has 0 radical (unpaired) electrons. The fraction of sp³-hybridized carbons (Fsp3) is 0. The number of carbonyl (C=O) groups is 1. The smallest absolute Gasteiger partial charge is 0.506 e. The maximum atomic E-state index is 10.5. The minimum Gasteiger partial charge on any atom is -0.506 e. The summed E-state index contributed by atoms with van der Waals surface area (Å²) in [4.78, 5) is 10.5. The van der Waals surface area contributed by atoms with Gasteiger partial charge in [0.2, 0.25) is 0 Å². The maximum absolute atomic E-state index is 10.5. The summed E-state index contributed by atoms with van der Waals surface area (Å²) in [5, 5.41) is 17.9. The Morgan fingerprint density at radius 2 is 1.85 bits per heavy atom. The van der Waals surface area contributed by atoms with Crippen molar-refractivity contribution in [1.29, 1.82) is 0 Å². The van der Waals surface area contributed by atoms with E-state index in [1.165, 1.54) is 6.07 Å². The molecule has 1 rings (SSSR count). The maximum Gasteiger partial charge on any atom is 3.00 e. The van der Waals surface area contributed by atoms with Crippen molar-refractivity contribution >= 4 is 55.2 Å². The Kier molecular flexibility index (Phi) is 5.00. The molecule has 0 amide bonds. The third-order valence-corrected chi connectivity index (χ3v) is 2.32. The standard InChI is InChI=1S/C7H4Br2O3.Al/c8-3-1-4(7(11)12)6(10)5(9)2-3;/h1-2,10H,(H,11,12);/q;+3. The molecule has 2 N–H and O–H groups in total. The number of carboxylic acids is 1. The van der Waals surface area contributed by atoms with Gasteiger partial charge in [-0.15, -0.1) is 0 Å². The first-order valence-corrected chi connectivity index (χ1v) is 4.52. The Morgan fingerprint density at radius 1 is 1.31 bits per heavy atom. The van der Waals surface area contributed by atoms with Crippen LogP contribution in [0, 0.1) is 0 Å². The van der Waals surface area contributed by atoms with Crippen LogP contribution in [0.15, 0.2) is 21.1 Å². The number of carboxylic acid groups (broad SMARTS) is 1. The molecule has 13 heavy (non-hydrogen) atoms. The Hall–Kier alpha value is -0.0175. The van der Waals surface area contributed by atoms with Gasteiger partial charge in [-0.25, -0.2) is 4.79 Å². The van der Waals surface area contributed by atoms with E-state index >= 15 is 0 Å². The molecule has 0 atom stereocenters. The van der Waals surface area contributed by atoms with Crippen LogP contribution in [-0.4, -0.2) is 33.5 Å². The van der Waals surface area contributed by atoms with E-state index in [0.29, 0.717) is 8.95 Å². The first-order chi connectivity index (χ1) is 5.52. The Labute approximate surface area is 102 Å². The van der Waals surface area contributed by atoms with Gasteiger partial charge < -0.3 is 10.2 Å². The van der Waals surface area contributed by atoms with Gasteiger partial charge in [-0.2, -0.15) is 0 Å². The molecule has 64 valence electrons. The molecular weight excluding hydrogens is 319 g/mol. The van der Waals surface area contributed by atoms with Crippen molar-refractivity contribution in [3.8, 4) is 5.75 Å². The van der Waals surface area contributed by atoms with Crippen molar-refractivity contribution in [3.63, 3.8) is 0 Å². The van der Waals surface area contributed by atoms with Crippen LogP contribution in [0.5, 0.6) is 5.75 Å². The Balaban J connectivity index is 0.00000144. The van der Waals surface area contributed by atoms with Crippen molar-refractivity contribution in [2.75, 3.05) is 0 Å². The molecule has 0 aliphatic rings. The Morgan fingerprint density at radius 3 is 2.31 bits per heavy atom. The molecule has 0 heterocycles. The average Bonchev–Trinajstić information content (AvgIpc) is 1.96. The van der Waals surface area contributed by atoms with Gasteiger partial charge in [0.15, 0.2) is 0 Å². The van der Waals surface area contributed by atoms with Crippen LogP contribution in [0.1, 0.15) is 10.4 Å². The van der Waals surface area contributed by atoms with Crippen LogP contribution in [0.25, 0.3) is 0 Å². The molecule has 0 bridgehead atoms. The van der Waals surface area contributed by atoms with E-state index in [4.69, 9.17) is 5.11 Å². The summed E-state index contributed by atoms with van der Waals surface area (Å²) >= 11 is 6.13. The van der Waals surface area contributed by atoms with Gasteiger partial charge >= 0.3 is 23.3 Å². The van der Waals surface area contributed by atoms with E-state index in [1.54, 1.807) is 6.07 Å². The van der Waals surface area contributed by atoms with E-state index < -0.39 is 5.97 Å². The normalized spacial score (nSPS) is 9.08. The molecule has 0 saturated carbocycles. The molecule has 0 fully saturated rings. The number of hydrogen-bond donors (Lipinski definition) is 2. The third kappa shape index (κ3) is 2.99. The molecule has 1 aromatic rings. The molecule has 0 unspecified atom stereocenters. The second kappa shape index (κ2) is 5.01. The summed E-state index contributed by atoms with van der Waals surface area (Å²) in [7, 11) is 0. The molecule has 0 aliphatic carbocycles. The first kappa shape index (κ1) is 13.0. The zero-order chi connectivity index (χ0) is 9.30. The molecule has 0 aromatic heterocycles. The monoisotopic (exact) mass is 321 g/mol. The largest absolute Gasteiger partial charge is 3.00 e. The minimum absolute atomic E-state index is 0. The number of aromatic hydroxyl groups is 1. The summed E-state index contributed by atoms with van der Waals surface area (Å²) in [5.74, 6) is -1.42. The number of rotatable bonds is 1. The second-order valence-corrected chi connectivity index (χ2v) is 3.86. The van der Waals surface area contributed by atoms with Crippen LogP contribution < -0.4 is 0 Å². The number of hydrogen-bond acceptors (Lipinski definition) is 2. The van der Waals surface area contributed by atoms with E-state index in [9.17, 15) is 9.90 Å². The second-order valence-electron chi connectivity index (χ2n) is 2.09. The summed E-state index contributed by atoms with van der Waals surface area (Å²) < 4.78 is 0.957. The molecular formula is C7H4AlBr2O3+3. The van der Waals surface area contributed by atoms with Crippen LogP contribution in [-0.2, 0) is 0 Å². The fourth-order valence-corrected chi connectivity index (χ4v) is 1.95. The van der Waals surface area contributed by atoms with E-state index in [2.05, 4.69) is 31.9 Å². The van der Waals surface area contributed by atoms with Gasteiger partial charge in [-0.1, -0.05) is 15.9 Å². The van der Waals surface area contributed by atoms with Crippen molar-refractivity contribution in [3.05, 3.63) is 26.6 Å². The van der Waals surface area contributed by atoms with Crippen molar-refractivity contribution < 1.29 is 15.0 Å². The van der Waals surface area contributed by atoms with Gasteiger partial charge in [0.1, 0.15) is 11.3 Å². The molecule has 0 aliphatic heterocycles. The van der Waals surface area contributed by atoms with Crippen LogP contribution in [0.3, 0.4) is 0 Å². The predicted octanol–water partition coefficient (Wildman–Crippen LogP) is 2.23. The van der Waals surface area contributed by atoms with Crippen LogP contribution in [0.4, 0.5) is 0 Å². The zero-order valence-corrected chi connectivity index (χ0v) is 10.6. The number of phenols is 1. The first-order valence-electron chi connectivity index (χ1n) is 2.93. The van der Waals surface area contributed by atoms with Crippen LogP contribution >= 0.6 is 31.9 Å². The molecule has 3 nitrogen and oxygen atoms in total. The van der Waals surface area contributed by atoms with E-state index in [-0.39, 0.29) is 28.7 Å².